The highest BCUT2D eigenvalue weighted by Gasteiger charge is 2.43. The number of rotatable bonds is 3. The first-order chi connectivity index (χ1) is 6.75. The van der Waals surface area contributed by atoms with Crippen molar-refractivity contribution in [2.75, 3.05) is 13.1 Å². The zero-order valence-corrected chi connectivity index (χ0v) is 9.90. The zero-order valence-electron chi connectivity index (χ0n) is 9.90. The third-order valence-corrected chi connectivity index (χ3v) is 3.20. The molecule has 4 heteroatoms. The van der Waals surface area contributed by atoms with E-state index >= 15 is 0 Å². The second-order valence-electron chi connectivity index (χ2n) is 5.46. The van der Waals surface area contributed by atoms with E-state index in [1.165, 1.54) is 0 Å². The first-order valence-corrected chi connectivity index (χ1v) is 5.40. The average molecular weight is 215 g/mol. The van der Waals surface area contributed by atoms with E-state index < -0.39 is 18.1 Å². The molecule has 0 aromatic rings. The Hall–Kier alpha value is -0.610. The van der Waals surface area contributed by atoms with Gasteiger partial charge in [-0.1, -0.05) is 27.7 Å². The second-order valence-corrected chi connectivity index (χ2v) is 5.46. The van der Waals surface area contributed by atoms with Crippen LogP contribution in [-0.2, 0) is 4.79 Å². The standard InChI is InChI=1S/C11H21NO3/c1-7(2)9(10(14)15)12-5-8(13)11(3,4)6-12/h7-9,13H,5-6H2,1-4H3,(H,14,15). The Bertz CT molecular complexity index is 250. The minimum atomic E-state index is -0.796. The smallest absolute Gasteiger partial charge is 0.321 e. The van der Waals surface area contributed by atoms with Crippen LogP contribution in [0.2, 0.25) is 0 Å². The maximum Gasteiger partial charge on any atom is 0.321 e. The van der Waals surface area contributed by atoms with Gasteiger partial charge in [-0.05, 0) is 5.92 Å². The van der Waals surface area contributed by atoms with Crippen LogP contribution < -0.4 is 0 Å². The molecule has 1 fully saturated rings. The van der Waals surface area contributed by atoms with Gasteiger partial charge in [0.15, 0.2) is 0 Å². The van der Waals surface area contributed by atoms with Crippen LogP contribution in [0.4, 0.5) is 0 Å². The fourth-order valence-electron chi connectivity index (χ4n) is 2.24. The maximum atomic E-state index is 11.1. The molecule has 15 heavy (non-hydrogen) atoms. The predicted molar refractivity (Wildman–Crippen MR) is 57.6 cm³/mol. The Morgan fingerprint density at radius 3 is 2.27 bits per heavy atom. The Morgan fingerprint density at radius 1 is 1.47 bits per heavy atom. The van der Waals surface area contributed by atoms with E-state index in [4.69, 9.17) is 5.11 Å². The van der Waals surface area contributed by atoms with Crippen LogP contribution in [0.15, 0.2) is 0 Å². The van der Waals surface area contributed by atoms with Gasteiger partial charge in [-0.25, -0.2) is 0 Å². The SMILES string of the molecule is CC(C)C(C(=O)O)N1CC(O)C(C)(C)C1. The number of nitrogens with zero attached hydrogens (tertiary/aromatic N) is 1. The Kier molecular flexibility index (Phi) is 3.41. The van der Waals surface area contributed by atoms with E-state index in [1.54, 1.807) is 0 Å². The monoisotopic (exact) mass is 215 g/mol. The van der Waals surface area contributed by atoms with Crippen molar-refractivity contribution in [3.05, 3.63) is 0 Å². The minimum absolute atomic E-state index is 0.0589. The minimum Gasteiger partial charge on any atom is -0.480 e. The van der Waals surface area contributed by atoms with Crippen LogP contribution in [0.5, 0.6) is 0 Å². The molecule has 4 nitrogen and oxygen atoms in total. The zero-order chi connectivity index (χ0) is 11.8. The van der Waals surface area contributed by atoms with E-state index in [9.17, 15) is 9.90 Å². The molecule has 2 N–H and O–H groups in total. The maximum absolute atomic E-state index is 11.1. The summed E-state index contributed by atoms with van der Waals surface area (Å²) in [5, 5.41) is 18.9. The van der Waals surface area contributed by atoms with Gasteiger partial charge in [0.25, 0.3) is 0 Å². The number of hydrogen-bond donors (Lipinski definition) is 2. The Labute approximate surface area is 90.9 Å². The second kappa shape index (κ2) is 4.10. The van der Waals surface area contributed by atoms with Gasteiger partial charge in [0.05, 0.1) is 6.10 Å². The lowest BCUT2D eigenvalue weighted by Crippen LogP contribution is -2.44. The lowest BCUT2D eigenvalue weighted by atomic mass is 9.90. The number of likely N-dealkylation sites (tertiary alicyclic amines) is 1. The predicted octanol–water partition coefficient (Wildman–Crippen LogP) is 0.798. The van der Waals surface area contributed by atoms with Gasteiger partial charge < -0.3 is 10.2 Å². The topological polar surface area (TPSA) is 60.8 Å². The lowest BCUT2D eigenvalue weighted by molar-refractivity contribution is -0.144. The number of carboxylic acids is 1. The van der Waals surface area contributed by atoms with E-state index in [1.807, 2.05) is 32.6 Å². The third-order valence-electron chi connectivity index (χ3n) is 3.20. The van der Waals surface area contributed by atoms with Gasteiger partial charge >= 0.3 is 5.97 Å². The number of aliphatic carboxylic acids is 1. The Balaban J connectivity index is 2.77. The van der Waals surface area contributed by atoms with Crippen LogP contribution in [0.25, 0.3) is 0 Å². The van der Waals surface area contributed by atoms with Crippen molar-refractivity contribution in [1.29, 1.82) is 0 Å². The molecule has 2 atom stereocenters. The van der Waals surface area contributed by atoms with Crippen LogP contribution in [0, 0.1) is 11.3 Å². The van der Waals surface area contributed by atoms with Crippen LogP contribution in [0.3, 0.4) is 0 Å². The van der Waals surface area contributed by atoms with E-state index in [2.05, 4.69) is 0 Å². The van der Waals surface area contributed by atoms with Crippen molar-refractivity contribution in [3.8, 4) is 0 Å². The fraction of sp³-hybridized carbons (Fsp3) is 0.909. The summed E-state index contributed by atoms with van der Waals surface area (Å²) in [4.78, 5) is 13.0. The third kappa shape index (κ3) is 2.49. The molecule has 0 bridgehead atoms. The molecule has 1 rings (SSSR count). The number of β-amino-alcohol motifs (C(OH)–C–C–N with tert-alkyl or cyclic N) is 1. The van der Waals surface area contributed by atoms with Crippen molar-refractivity contribution >= 4 is 5.97 Å². The molecule has 0 saturated carbocycles. The van der Waals surface area contributed by atoms with Gasteiger partial charge in [0.2, 0.25) is 0 Å². The van der Waals surface area contributed by atoms with E-state index in [-0.39, 0.29) is 11.3 Å². The molecule has 0 amide bonds. The number of aliphatic hydroxyl groups is 1. The van der Waals surface area contributed by atoms with Crippen LogP contribution >= 0.6 is 0 Å². The highest BCUT2D eigenvalue weighted by atomic mass is 16.4. The summed E-state index contributed by atoms with van der Waals surface area (Å²) >= 11 is 0. The van der Waals surface area contributed by atoms with Crippen LogP contribution in [0.1, 0.15) is 27.7 Å². The molecule has 0 radical (unpaired) electrons. The van der Waals surface area contributed by atoms with Crippen molar-refractivity contribution in [1.82, 2.24) is 4.90 Å². The molecule has 88 valence electrons. The number of hydrogen-bond acceptors (Lipinski definition) is 3. The largest absolute Gasteiger partial charge is 0.480 e. The van der Waals surface area contributed by atoms with E-state index in [0.717, 1.165) is 0 Å². The number of carboxylic acid groups (broad SMARTS) is 1. The molecule has 1 saturated heterocycles. The molecule has 0 aromatic heterocycles. The van der Waals surface area contributed by atoms with Gasteiger partial charge in [0.1, 0.15) is 6.04 Å². The van der Waals surface area contributed by atoms with Crippen molar-refractivity contribution in [3.63, 3.8) is 0 Å². The molecular formula is C11H21NO3. The van der Waals surface area contributed by atoms with Gasteiger partial charge in [-0.15, -0.1) is 0 Å². The molecule has 0 aliphatic carbocycles. The Morgan fingerprint density at radius 2 is 2.00 bits per heavy atom. The first kappa shape index (κ1) is 12.5. The van der Waals surface area contributed by atoms with E-state index in [0.29, 0.717) is 13.1 Å². The highest BCUT2D eigenvalue weighted by molar-refractivity contribution is 5.73. The molecule has 1 aliphatic heterocycles. The fourth-order valence-corrected chi connectivity index (χ4v) is 2.24. The normalized spacial score (nSPS) is 28.3. The summed E-state index contributed by atoms with van der Waals surface area (Å²) in [5.41, 5.74) is -0.206. The van der Waals surface area contributed by atoms with Crippen molar-refractivity contribution < 1.29 is 15.0 Å². The summed E-state index contributed by atoms with van der Waals surface area (Å²) in [5.74, 6) is -0.738. The summed E-state index contributed by atoms with van der Waals surface area (Å²) in [6.45, 7) is 8.84. The van der Waals surface area contributed by atoms with Crippen LogP contribution in [-0.4, -0.2) is 46.3 Å². The van der Waals surface area contributed by atoms with Crippen molar-refractivity contribution in [2.24, 2.45) is 11.3 Å². The number of carbonyl (C=O) groups is 1. The molecular weight excluding hydrogens is 194 g/mol. The molecule has 1 heterocycles. The summed E-state index contributed by atoms with van der Waals surface area (Å²) in [6.07, 6.45) is -0.432. The average Bonchev–Trinajstić information content (AvgIpc) is 2.23. The van der Waals surface area contributed by atoms with Gasteiger partial charge in [-0.2, -0.15) is 0 Å². The molecule has 1 aliphatic rings. The van der Waals surface area contributed by atoms with Gasteiger partial charge in [0, 0.05) is 18.5 Å². The lowest BCUT2D eigenvalue weighted by Gasteiger charge is -2.28. The van der Waals surface area contributed by atoms with Crippen molar-refractivity contribution in [2.45, 2.75) is 39.8 Å². The summed E-state index contributed by atoms with van der Waals surface area (Å²) in [6, 6.07) is -0.485. The summed E-state index contributed by atoms with van der Waals surface area (Å²) < 4.78 is 0. The quantitative estimate of drug-likeness (QED) is 0.731. The first-order valence-electron chi connectivity index (χ1n) is 5.40. The number of aliphatic hydroxyl groups excluding tert-OH is 1. The molecule has 0 aromatic carbocycles. The molecule has 0 spiro atoms. The van der Waals surface area contributed by atoms with Gasteiger partial charge in [-0.3, -0.25) is 9.69 Å². The summed E-state index contributed by atoms with van der Waals surface area (Å²) in [7, 11) is 0. The highest BCUT2D eigenvalue weighted by Crippen LogP contribution is 2.32. The molecule has 2 unspecified atom stereocenters.